The molecule has 2 aliphatic rings. The molecule has 3 amide bonds. The van der Waals surface area contributed by atoms with Gasteiger partial charge in [-0.05, 0) is 42.4 Å². The number of carbonyl (C=O) groups is 3. The number of carbonyl (C=O) groups excluding carboxylic acids is 3. The zero-order chi connectivity index (χ0) is 17.4. The fraction of sp³-hybridized carbons (Fsp3) is 0.667. The van der Waals surface area contributed by atoms with Gasteiger partial charge in [0.05, 0.1) is 17.7 Å². The van der Waals surface area contributed by atoms with Crippen LogP contribution in [0.2, 0.25) is 0 Å². The van der Waals surface area contributed by atoms with Gasteiger partial charge in [0.15, 0.2) is 0 Å². The van der Waals surface area contributed by atoms with Crippen LogP contribution in [-0.2, 0) is 18.6 Å². The molecule has 0 aromatic carbocycles. The SMILES string of the molecule is O=C(NCCOSSCO)C1CCC(CN2C(=O)C=CC2=O)CC1. The fourth-order valence-corrected chi connectivity index (χ4v) is 3.73. The second kappa shape index (κ2) is 10.1. The maximum Gasteiger partial charge on any atom is 0.253 e. The summed E-state index contributed by atoms with van der Waals surface area (Å²) in [7, 11) is 1.19. The summed E-state index contributed by atoms with van der Waals surface area (Å²) in [5, 5.41) is 11.4. The number of hydrogen-bond donors (Lipinski definition) is 2. The van der Waals surface area contributed by atoms with Crippen molar-refractivity contribution in [2.45, 2.75) is 25.7 Å². The maximum absolute atomic E-state index is 12.1. The second-order valence-electron chi connectivity index (χ2n) is 5.77. The Kier molecular flexibility index (Phi) is 8.10. The van der Waals surface area contributed by atoms with Crippen LogP contribution in [0.15, 0.2) is 12.2 Å². The van der Waals surface area contributed by atoms with Gasteiger partial charge in [0.25, 0.3) is 11.8 Å². The zero-order valence-corrected chi connectivity index (χ0v) is 14.9. The molecule has 0 unspecified atom stereocenters. The van der Waals surface area contributed by atoms with E-state index in [1.165, 1.54) is 27.8 Å². The van der Waals surface area contributed by atoms with E-state index in [1.807, 2.05) is 0 Å². The number of amides is 3. The lowest BCUT2D eigenvalue weighted by Crippen LogP contribution is -2.38. The summed E-state index contributed by atoms with van der Waals surface area (Å²) in [5.41, 5.74) is 0. The van der Waals surface area contributed by atoms with E-state index in [0.29, 0.717) is 19.7 Å². The summed E-state index contributed by atoms with van der Waals surface area (Å²) < 4.78 is 5.15. The minimum absolute atomic E-state index is 0.00898. The monoisotopic (exact) mass is 374 g/mol. The predicted octanol–water partition coefficient (Wildman–Crippen LogP) is 1.10. The van der Waals surface area contributed by atoms with Crippen LogP contribution < -0.4 is 5.32 Å². The van der Waals surface area contributed by atoms with Crippen LogP contribution in [0.4, 0.5) is 0 Å². The van der Waals surface area contributed by atoms with Crippen molar-refractivity contribution < 1.29 is 23.7 Å². The molecule has 0 radical (unpaired) electrons. The fourth-order valence-electron chi connectivity index (χ4n) is 2.93. The summed E-state index contributed by atoms with van der Waals surface area (Å²) in [4.78, 5) is 36.5. The summed E-state index contributed by atoms with van der Waals surface area (Å²) in [6, 6.07) is 0. The summed E-state index contributed by atoms with van der Waals surface area (Å²) in [6.45, 7) is 1.29. The number of nitrogens with zero attached hydrogens (tertiary/aromatic N) is 1. The molecule has 1 heterocycles. The lowest BCUT2D eigenvalue weighted by Gasteiger charge is -2.30. The standard InChI is InChI=1S/C15H22N2O5S2/c18-10-23-24-22-8-7-16-15(21)12-3-1-11(2-4-12)9-17-13(19)5-6-14(17)20/h5-6,11-12,18H,1-4,7-10H2,(H,16,21). The highest BCUT2D eigenvalue weighted by molar-refractivity contribution is 8.74. The quantitative estimate of drug-likeness (QED) is 0.205. The van der Waals surface area contributed by atoms with Gasteiger partial charge in [-0.1, -0.05) is 0 Å². The molecule has 2 N–H and O–H groups in total. The van der Waals surface area contributed by atoms with E-state index in [2.05, 4.69) is 5.32 Å². The highest BCUT2D eigenvalue weighted by Crippen LogP contribution is 2.30. The number of hydrogen-bond acceptors (Lipinski definition) is 7. The summed E-state index contributed by atoms with van der Waals surface area (Å²) in [6.07, 6.45) is 5.84. The van der Waals surface area contributed by atoms with Crippen LogP contribution in [0.25, 0.3) is 0 Å². The molecule has 1 aliphatic carbocycles. The Labute approximate surface area is 149 Å². The molecule has 134 valence electrons. The van der Waals surface area contributed by atoms with Gasteiger partial charge in [0.1, 0.15) is 5.94 Å². The summed E-state index contributed by atoms with van der Waals surface area (Å²) in [5.74, 6) is -0.188. The van der Waals surface area contributed by atoms with Gasteiger partial charge in [0.2, 0.25) is 5.91 Å². The molecule has 9 heteroatoms. The van der Waals surface area contributed by atoms with E-state index in [9.17, 15) is 14.4 Å². The first-order valence-corrected chi connectivity index (χ1v) is 10.2. The number of imide groups is 1. The van der Waals surface area contributed by atoms with E-state index in [4.69, 9.17) is 9.29 Å². The third-order valence-electron chi connectivity index (χ3n) is 4.19. The molecule has 0 atom stereocenters. The number of aliphatic hydroxyl groups excluding tert-OH is 1. The molecule has 0 bridgehead atoms. The predicted molar refractivity (Wildman–Crippen MR) is 92.5 cm³/mol. The van der Waals surface area contributed by atoms with E-state index in [-0.39, 0.29) is 35.5 Å². The van der Waals surface area contributed by atoms with Crippen molar-refractivity contribution in [3.05, 3.63) is 12.2 Å². The Bertz CT molecular complexity index is 474. The molecular formula is C15H22N2O5S2. The molecule has 1 aliphatic heterocycles. The highest BCUT2D eigenvalue weighted by atomic mass is 33.1. The van der Waals surface area contributed by atoms with Gasteiger partial charge in [-0.25, -0.2) is 0 Å². The van der Waals surface area contributed by atoms with E-state index in [1.54, 1.807) is 0 Å². The average Bonchev–Trinajstić information content (AvgIpc) is 2.90. The molecule has 0 aromatic heterocycles. The number of nitrogens with one attached hydrogen (secondary N) is 1. The molecular weight excluding hydrogens is 352 g/mol. The first kappa shape index (κ1) is 19.3. The number of aliphatic hydroxyl groups is 1. The largest absolute Gasteiger partial charge is 0.385 e. The Morgan fingerprint density at radius 1 is 1.25 bits per heavy atom. The van der Waals surface area contributed by atoms with E-state index >= 15 is 0 Å². The number of rotatable bonds is 9. The van der Waals surface area contributed by atoms with Gasteiger partial charge in [-0.15, -0.1) is 0 Å². The first-order valence-electron chi connectivity index (χ1n) is 7.95. The van der Waals surface area contributed by atoms with Crippen molar-refractivity contribution in [1.29, 1.82) is 0 Å². The topological polar surface area (TPSA) is 95.9 Å². The van der Waals surface area contributed by atoms with Gasteiger partial charge in [0, 0.05) is 31.2 Å². The van der Waals surface area contributed by atoms with Gasteiger partial charge in [-0.2, -0.15) is 0 Å². The van der Waals surface area contributed by atoms with Crippen molar-refractivity contribution in [3.8, 4) is 0 Å². The van der Waals surface area contributed by atoms with Crippen LogP contribution in [0, 0.1) is 11.8 Å². The highest BCUT2D eigenvalue weighted by Gasteiger charge is 2.31. The van der Waals surface area contributed by atoms with Gasteiger partial charge < -0.3 is 14.6 Å². The Balaban J connectivity index is 1.61. The lowest BCUT2D eigenvalue weighted by molar-refractivity contribution is -0.138. The molecule has 2 rings (SSSR count). The van der Waals surface area contributed by atoms with E-state index < -0.39 is 0 Å². The molecule has 0 aromatic rings. The minimum Gasteiger partial charge on any atom is -0.385 e. The molecule has 0 spiro atoms. The van der Waals surface area contributed by atoms with Crippen LogP contribution in [0.3, 0.4) is 0 Å². The maximum atomic E-state index is 12.1. The van der Waals surface area contributed by atoms with Crippen LogP contribution in [0.1, 0.15) is 25.7 Å². The lowest BCUT2D eigenvalue weighted by atomic mass is 9.81. The third kappa shape index (κ3) is 5.80. The third-order valence-corrected chi connectivity index (χ3v) is 5.55. The average molecular weight is 374 g/mol. The minimum atomic E-state index is -0.239. The van der Waals surface area contributed by atoms with E-state index in [0.717, 1.165) is 36.8 Å². The molecule has 0 saturated heterocycles. The van der Waals surface area contributed by atoms with Crippen molar-refractivity contribution in [3.63, 3.8) is 0 Å². The molecule has 7 nitrogen and oxygen atoms in total. The summed E-state index contributed by atoms with van der Waals surface area (Å²) >= 11 is 1.11. The first-order chi connectivity index (χ1) is 11.6. The second-order valence-corrected chi connectivity index (χ2v) is 7.75. The van der Waals surface area contributed by atoms with Crippen molar-refractivity contribution >= 4 is 39.6 Å². The molecule has 1 fully saturated rings. The molecule has 1 saturated carbocycles. The Hall–Kier alpha value is -1.03. The smallest absolute Gasteiger partial charge is 0.253 e. The Morgan fingerprint density at radius 3 is 2.54 bits per heavy atom. The van der Waals surface area contributed by atoms with Crippen molar-refractivity contribution in [2.75, 3.05) is 25.6 Å². The van der Waals surface area contributed by atoms with Crippen LogP contribution in [-0.4, -0.2) is 53.4 Å². The van der Waals surface area contributed by atoms with Crippen LogP contribution in [0.5, 0.6) is 0 Å². The van der Waals surface area contributed by atoms with Crippen molar-refractivity contribution in [2.24, 2.45) is 11.8 Å². The molecule has 24 heavy (non-hydrogen) atoms. The normalized spacial score (nSPS) is 23.8. The van der Waals surface area contributed by atoms with Gasteiger partial charge in [-0.3, -0.25) is 19.3 Å². The zero-order valence-electron chi connectivity index (χ0n) is 13.3. The van der Waals surface area contributed by atoms with Gasteiger partial charge >= 0.3 is 0 Å². The van der Waals surface area contributed by atoms with Crippen molar-refractivity contribution in [1.82, 2.24) is 10.2 Å². The Morgan fingerprint density at radius 2 is 1.92 bits per heavy atom. The van der Waals surface area contributed by atoms with Crippen LogP contribution >= 0.6 is 21.9 Å².